The molecule has 2 rings (SSSR count). The van der Waals surface area contributed by atoms with E-state index < -0.39 is 16.0 Å². The molecular formula is C12H14N4O4S. The maximum absolute atomic E-state index is 11.4. The van der Waals surface area contributed by atoms with Gasteiger partial charge in [0, 0.05) is 11.9 Å². The summed E-state index contributed by atoms with van der Waals surface area (Å²) in [5, 5.41) is 12.5. The molecule has 0 saturated carbocycles. The lowest BCUT2D eigenvalue weighted by molar-refractivity contribution is 0.0684. The number of aromatic nitrogens is 2. The number of sulfonamides is 1. The van der Waals surface area contributed by atoms with Gasteiger partial charge in [-0.1, -0.05) is 12.1 Å². The Balaban J connectivity index is 2.31. The molecule has 3 N–H and O–H groups in total. The molecule has 0 saturated heterocycles. The van der Waals surface area contributed by atoms with E-state index in [9.17, 15) is 13.2 Å². The number of anilines is 1. The van der Waals surface area contributed by atoms with Gasteiger partial charge < -0.3 is 10.4 Å². The van der Waals surface area contributed by atoms with Crippen molar-refractivity contribution in [1.82, 2.24) is 14.7 Å². The van der Waals surface area contributed by atoms with Crippen LogP contribution in [-0.4, -0.2) is 48.8 Å². The Morgan fingerprint density at radius 2 is 2.00 bits per heavy atom. The van der Waals surface area contributed by atoms with E-state index in [0.717, 1.165) is 0 Å². The number of para-hydroxylation sites is 1. The van der Waals surface area contributed by atoms with Crippen LogP contribution in [0.3, 0.4) is 0 Å². The highest BCUT2D eigenvalue weighted by Crippen LogP contribution is 2.19. The van der Waals surface area contributed by atoms with E-state index >= 15 is 0 Å². The van der Waals surface area contributed by atoms with Crippen molar-refractivity contribution in [2.75, 3.05) is 24.7 Å². The quantitative estimate of drug-likeness (QED) is 0.701. The smallest absolute Gasteiger partial charge is 0.374 e. The molecular weight excluding hydrogens is 296 g/mol. The monoisotopic (exact) mass is 310 g/mol. The number of aromatic carboxylic acids is 1. The molecule has 0 aliphatic carbocycles. The van der Waals surface area contributed by atoms with Crippen molar-refractivity contribution < 1.29 is 18.3 Å². The molecule has 2 aromatic rings. The van der Waals surface area contributed by atoms with Crippen molar-refractivity contribution in [2.45, 2.75) is 0 Å². The van der Waals surface area contributed by atoms with Crippen LogP contribution in [0.25, 0.3) is 10.9 Å². The second-order valence-corrected chi connectivity index (χ2v) is 6.21. The van der Waals surface area contributed by atoms with Gasteiger partial charge in [-0.2, -0.15) is 0 Å². The molecule has 1 aromatic heterocycles. The summed E-state index contributed by atoms with van der Waals surface area (Å²) in [6.07, 6.45) is 0. The highest BCUT2D eigenvalue weighted by atomic mass is 32.2. The summed E-state index contributed by atoms with van der Waals surface area (Å²) in [5.41, 5.74) is 0.476. The first-order chi connectivity index (χ1) is 9.93. The SMILES string of the molecule is CNS(=O)(=O)CCNc1nc(C(=O)O)nc2ccccc12. The van der Waals surface area contributed by atoms with E-state index in [0.29, 0.717) is 16.7 Å². The zero-order chi connectivity index (χ0) is 15.5. The molecule has 0 radical (unpaired) electrons. The number of carboxylic acid groups (broad SMARTS) is 1. The van der Waals surface area contributed by atoms with E-state index in [4.69, 9.17) is 5.11 Å². The van der Waals surface area contributed by atoms with E-state index in [1.165, 1.54) is 7.05 Å². The van der Waals surface area contributed by atoms with Crippen LogP contribution < -0.4 is 10.0 Å². The molecule has 8 nitrogen and oxygen atoms in total. The maximum Gasteiger partial charge on any atom is 0.374 e. The molecule has 21 heavy (non-hydrogen) atoms. The number of benzene rings is 1. The van der Waals surface area contributed by atoms with Crippen LogP contribution in [0, 0.1) is 0 Å². The van der Waals surface area contributed by atoms with E-state index in [1.54, 1.807) is 24.3 Å². The molecule has 0 spiro atoms. The van der Waals surface area contributed by atoms with Gasteiger partial charge in [-0.25, -0.2) is 27.9 Å². The van der Waals surface area contributed by atoms with Crippen LogP contribution in [0.4, 0.5) is 5.82 Å². The van der Waals surface area contributed by atoms with Crippen molar-refractivity contribution in [3.63, 3.8) is 0 Å². The van der Waals surface area contributed by atoms with Crippen LogP contribution in [0.15, 0.2) is 24.3 Å². The predicted molar refractivity (Wildman–Crippen MR) is 77.8 cm³/mol. The second kappa shape index (κ2) is 6.02. The van der Waals surface area contributed by atoms with Gasteiger partial charge in [-0.15, -0.1) is 0 Å². The Labute approximate surface area is 121 Å². The number of carbonyl (C=O) groups is 1. The molecule has 112 valence electrons. The topological polar surface area (TPSA) is 121 Å². The van der Waals surface area contributed by atoms with Crippen molar-refractivity contribution in [1.29, 1.82) is 0 Å². The minimum atomic E-state index is -3.34. The number of rotatable bonds is 6. The first kappa shape index (κ1) is 15.1. The van der Waals surface area contributed by atoms with Crippen LogP contribution >= 0.6 is 0 Å². The number of hydrogen-bond acceptors (Lipinski definition) is 6. The Hall–Kier alpha value is -2.26. The van der Waals surface area contributed by atoms with E-state index in [1.807, 2.05) is 0 Å². The molecule has 0 aliphatic rings. The van der Waals surface area contributed by atoms with Gasteiger partial charge in [0.2, 0.25) is 15.8 Å². The Bertz CT molecular complexity index is 776. The van der Waals surface area contributed by atoms with Gasteiger partial charge in [0.15, 0.2) is 0 Å². The zero-order valence-electron chi connectivity index (χ0n) is 11.2. The first-order valence-corrected chi connectivity index (χ1v) is 7.73. The number of nitrogens with zero attached hydrogens (tertiary/aromatic N) is 2. The third-order valence-corrected chi connectivity index (χ3v) is 4.13. The van der Waals surface area contributed by atoms with E-state index in [2.05, 4.69) is 20.0 Å². The fraction of sp³-hybridized carbons (Fsp3) is 0.250. The number of hydrogen-bond donors (Lipinski definition) is 3. The Morgan fingerprint density at radius 3 is 2.67 bits per heavy atom. The van der Waals surface area contributed by atoms with Crippen molar-refractivity contribution in [3.8, 4) is 0 Å². The minimum absolute atomic E-state index is 0.100. The highest BCUT2D eigenvalue weighted by Gasteiger charge is 2.13. The molecule has 1 heterocycles. The molecule has 0 unspecified atom stereocenters. The van der Waals surface area contributed by atoms with Crippen molar-refractivity contribution in [2.24, 2.45) is 0 Å². The summed E-state index contributed by atoms with van der Waals surface area (Å²) >= 11 is 0. The average molecular weight is 310 g/mol. The normalized spacial score (nSPS) is 11.5. The van der Waals surface area contributed by atoms with E-state index in [-0.39, 0.29) is 18.1 Å². The van der Waals surface area contributed by atoms with Gasteiger partial charge in [0.05, 0.1) is 11.3 Å². The van der Waals surface area contributed by atoms with Crippen LogP contribution in [0.5, 0.6) is 0 Å². The van der Waals surface area contributed by atoms with Crippen LogP contribution in [0.2, 0.25) is 0 Å². The molecule has 0 atom stereocenters. The van der Waals surface area contributed by atoms with Gasteiger partial charge >= 0.3 is 5.97 Å². The lowest BCUT2D eigenvalue weighted by atomic mass is 10.2. The predicted octanol–water partition coefficient (Wildman–Crippen LogP) is 0.289. The average Bonchev–Trinajstić information content (AvgIpc) is 2.46. The third-order valence-electron chi connectivity index (χ3n) is 2.77. The fourth-order valence-corrected chi connectivity index (χ4v) is 2.29. The third kappa shape index (κ3) is 3.64. The van der Waals surface area contributed by atoms with Gasteiger partial charge in [-0.3, -0.25) is 0 Å². The summed E-state index contributed by atoms with van der Waals surface area (Å²) < 4.78 is 24.9. The molecule has 0 bridgehead atoms. The highest BCUT2D eigenvalue weighted by molar-refractivity contribution is 7.89. The summed E-state index contributed by atoms with van der Waals surface area (Å²) in [4.78, 5) is 18.9. The molecule has 1 aromatic carbocycles. The summed E-state index contributed by atoms with van der Waals surface area (Å²) in [6.45, 7) is 0.100. The summed E-state index contributed by atoms with van der Waals surface area (Å²) in [6, 6.07) is 6.90. The molecule has 0 amide bonds. The van der Waals surface area contributed by atoms with Crippen molar-refractivity contribution >= 4 is 32.7 Å². The minimum Gasteiger partial charge on any atom is -0.475 e. The van der Waals surface area contributed by atoms with Gasteiger partial charge in [0.25, 0.3) is 0 Å². The molecule has 0 fully saturated rings. The zero-order valence-corrected chi connectivity index (χ0v) is 12.0. The maximum atomic E-state index is 11.4. The summed E-state index contributed by atoms with van der Waals surface area (Å²) in [7, 11) is -2.01. The van der Waals surface area contributed by atoms with Crippen molar-refractivity contribution in [3.05, 3.63) is 30.1 Å². The lowest BCUT2D eigenvalue weighted by Crippen LogP contribution is -2.26. The number of fused-ring (bicyclic) bond motifs is 1. The van der Waals surface area contributed by atoms with Gasteiger partial charge in [-0.05, 0) is 19.2 Å². The number of nitrogens with one attached hydrogen (secondary N) is 2. The molecule has 0 aliphatic heterocycles. The molecule has 9 heteroatoms. The Morgan fingerprint density at radius 1 is 1.29 bits per heavy atom. The van der Waals surface area contributed by atoms with Gasteiger partial charge in [0.1, 0.15) is 5.82 Å². The largest absolute Gasteiger partial charge is 0.475 e. The lowest BCUT2D eigenvalue weighted by Gasteiger charge is -2.09. The standard InChI is InChI=1S/C12H14N4O4S/c1-13-21(19,20)7-6-14-10-8-4-2-3-5-9(8)15-11(16-10)12(17)18/h2-5,13H,6-7H2,1H3,(H,17,18)(H,14,15,16). The Kier molecular flexibility index (Phi) is 4.34. The van der Waals surface area contributed by atoms with Crippen LogP contribution in [0.1, 0.15) is 10.6 Å². The summed E-state index contributed by atoms with van der Waals surface area (Å²) in [5.74, 6) is -1.44. The fourth-order valence-electron chi connectivity index (χ4n) is 1.71. The first-order valence-electron chi connectivity index (χ1n) is 6.08. The number of carboxylic acids is 1. The van der Waals surface area contributed by atoms with Crippen LogP contribution in [-0.2, 0) is 10.0 Å². The second-order valence-electron chi connectivity index (χ2n) is 4.17.